The quantitative estimate of drug-likeness (QED) is 0.309. The summed E-state index contributed by atoms with van der Waals surface area (Å²) in [6.45, 7) is 5.46. The number of carbonyl (C=O) groups excluding carboxylic acids is 2. The Balaban J connectivity index is 1.69. The summed E-state index contributed by atoms with van der Waals surface area (Å²) >= 11 is 0. The number of hydroxylamine groups is 1. The van der Waals surface area contributed by atoms with Crippen LogP contribution >= 0.6 is 0 Å². The Hall–Kier alpha value is -3.13. The van der Waals surface area contributed by atoms with E-state index in [1.165, 1.54) is 21.9 Å². The van der Waals surface area contributed by atoms with Gasteiger partial charge in [-0.3, -0.25) is 14.6 Å². The molecule has 1 atom stereocenters. The van der Waals surface area contributed by atoms with E-state index >= 15 is 0 Å². The van der Waals surface area contributed by atoms with Crippen LogP contribution in [0.2, 0.25) is 0 Å². The van der Waals surface area contributed by atoms with Crippen LogP contribution in [0.15, 0.2) is 36.5 Å². The number of rotatable bonds is 7. The summed E-state index contributed by atoms with van der Waals surface area (Å²) in [6.07, 6.45) is 2.39. The molecule has 0 fully saturated rings. The molecular weight excluding hydrogens is 458 g/mol. The summed E-state index contributed by atoms with van der Waals surface area (Å²) in [5.74, 6) is 5.08. The number of aromatic nitrogens is 1. The Kier molecular flexibility index (Phi) is 6.94. The first-order valence-corrected chi connectivity index (χ1v) is 12.6. The minimum Gasteiger partial charge on any atom is -0.395 e. The molecule has 3 N–H and O–H groups in total. The van der Waals surface area contributed by atoms with Crippen molar-refractivity contribution < 1.29 is 28.3 Å². The number of hydrogen-bond donors (Lipinski definition) is 3. The van der Waals surface area contributed by atoms with Crippen molar-refractivity contribution in [2.45, 2.75) is 43.9 Å². The number of nitrogens with zero attached hydrogens (tertiary/aromatic N) is 2. The van der Waals surface area contributed by atoms with Crippen LogP contribution in [0.3, 0.4) is 0 Å². The second kappa shape index (κ2) is 9.25. The molecule has 0 bridgehead atoms. The second-order valence-electron chi connectivity index (χ2n) is 9.36. The number of benzene rings is 1. The molecule has 0 saturated heterocycles. The van der Waals surface area contributed by atoms with Crippen LogP contribution in [0.5, 0.6) is 0 Å². The first kappa shape index (κ1) is 25.5. The lowest BCUT2D eigenvalue weighted by Gasteiger charge is -2.27. The smallest absolute Gasteiger partial charge is 0.328 e. The van der Waals surface area contributed by atoms with E-state index in [-0.39, 0.29) is 37.6 Å². The van der Waals surface area contributed by atoms with Crippen molar-refractivity contribution >= 4 is 21.8 Å². The first-order valence-electron chi connectivity index (χ1n) is 10.7. The lowest BCUT2D eigenvalue weighted by molar-refractivity contribution is -0.131. The summed E-state index contributed by atoms with van der Waals surface area (Å²) in [5.41, 5.74) is 4.27. The number of hydrogen-bond acceptors (Lipinski definition) is 6. The van der Waals surface area contributed by atoms with Crippen LogP contribution in [-0.4, -0.2) is 64.3 Å². The van der Waals surface area contributed by atoms with Crippen molar-refractivity contribution in [1.29, 1.82) is 0 Å². The Morgan fingerprint density at radius 2 is 1.76 bits per heavy atom. The Labute approximate surface area is 199 Å². The maximum Gasteiger partial charge on any atom is 0.328 e. The highest BCUT2D eigenvalue weighted by atomic mass is 32.2. The SMILES string of the molecule is CC(C)(CO)c1ccc(C#Cc2cc3n(c2)C(=O)N(CC[C@](C)(C(=O)NO)S(C)(=O)=O)C3)cc1. The normalized spacial score (nSPS) is 15.4. The van der Waals surface area contributed by atoms with Gasteiger partial charge >= 0.3 is 6.03 Å². The van der Waals surface area contributed by atoms with E-state index in [0.29, 0.717) is 11.3 Å². The molecule has 0 aliphatic carbocycles. The van der Waals surface area contributed by atoms with Crippen molar-refractivity contribution in [3.63, 3.8) is 0 Å². The molecule has 2 amide bonds. The van der Waals surface area contributed by atoms with E-state index in [1.54, 1.807) is 12.3 Å². The highest BCUT2D eigenvalue weighted by Crippen LogP contribution is 2.26. The molecule has 0 spiro atoms. The van der Waals surface area contributed by atoms with Crippen LogP contribution in [-0.2, 0) is 26.6 Å². The van der Waals surface area contributed by atoms with E-state index in [2.05, 4.69) is 11.8 Å². The Morgan fingerprint density at radius 1 is 1.15 bits per heavy atom. The average molecular weight is 488 g/mol. The molecule has 3 rings (SSSR count). The van der Waals surface area contributed by atoms with Crippen molar-refractivity contribution in [2.24, 2.45) is 0 Å². The van der Waals surface area contributed by atoms with Gasteiger partial charge in [0.05, 0.1) is 13.2 Å². The van der Waals surface area contributed by atoms with E-state index in [4.69, 9.17) is 5.21 Å². The third-order valence-electron chi connectivity index (χ3n) is 6.40. The maximum absolute atomic E-state index is 12.8. The van der Waals surface area contributed by atoms with Gasteiger partial charge in [0.1, 0.15) is 0 Å². The molecular formula is C24H29N3O6S. The van der Waals surface area contributed by atoms with Gasteiger partial charge < -0.3 is 10.0 Å². The number of sulfone groups is 1. The van der Waals surface area contributed by atoms with Crippen LogP contribution in [0.25, 0.3) is 0 Å². The standard InChI is InChI=1S/C24H29N3O6S/c1-23(2,16-28)19-9-7-17(8-10-19)5-6-18-13-20-15-26(22(30)27(20)14-18)12-11-24(3,21(29)25-31)34(4,32)33/h7-10,13-14,28,31H,11-12,15-16H2,1-4H3,(H,25,29)/t24-/m1/s1. The largest absolute Gasteiger partial charge is 0.395 e. The molecule has 9 nitrogen and oxygen atoms in total. The lowest BCUT2D eigenvalue weighted by atomic mass is 9.85. The zero-order valence-electron chi connectivity index (χ0n) is 19.6. The van der Waals surface area contributed by atoms with Crippen LogP contribution in [0, 0.1) is 11.8 Å². The number of amides is 2. The van der Waals surface area contributed by atoms with Crippen LogP contribution in [0.4, 0.5) is 4.79 Å². The van der Waals surface area contributed by atoms with Gasteiger partial charge in [-0.1, -0.05) is 37.8 Å². The van der Waals surface area contributed by atoms with Gasteiger partial charge in [0.15, 0.2) is 14.6 Å². The minimum absolute atomic E-state index is 0.0229. The number of fused-ring (bicyclic) bond motifs is 1. The fourth-order valence-electron chi connectivity index (χ4n) is 3.64. The van der Waals surface area contributed by atoms with Crippen molar-refractivity contribution in [2.75, 3.05) is 19.4 Å². The highest BCUT2D eigenvalue weighted by Gasteiger charge is 2.44. The molecule has 182 valence electrons. The van der Waals surface area contributed by atoms with E-state index in [9.17, 15) is 23.1 Å². The molecule has 10 heteroatoms. The van der Waals surface area contributed by atoms with Crippen molar-refractivity contribution in [3.05, 3.63) is 58.9 Å². The molecule has 1 aliphatic rings. The minimum atomic E-state index is -3.84. The highest BCUT2D eigenvalue weighted by molar-refractivity contribution is 7.92. The maximum atomic E-state index is 12.8. The molecule has 2 heterocycles. The molecule has 0 unspecified atom stereocenters. The number of nitrogens with one attached hydrogen (secondary N) is 1. The summed E-state index contributed by atoms with van der Waals surface area (Å²) in [7, 11) is -3.84. The second-order valence-corrected chi connectivity index (χ2v) is 11.8. The van der Waals surface area contributed by atoms with E-state index < -0.39 is 20.5 Å². The molecule has 0 saturated carbocycles. The zero-order valence-corrected chi connectivity index (χ0v) is 20.4. The molecule has 0 radical (unpaired) electrons. The van der Waals surface area contributed by atoms with Gasteiger partial charge in [-0.05, 0) is 37.1 Å². The van der Waals surface area contributed by atoms with Crippen LogP contribution in [0.1, 0.15) is 49.6 Å². The van der Waals surface area contributed by atoms with E-state index in [1.807, 2.05) is 38.1 Å². The van der Waals surface area contributed by atoms with Crippen molar-refractivity contribution in [3.8, 4) is 11.8 Å². The molecule has 1 aromatic carbocycles. The van der Waals surface area contributed by atoms with Gasteiger partial charge in [-0.25, -0.2) is 18.7 Å². The topological polar surface area (TPSA) is 129 Å². The summed E-state index contributed by atoms with van der Waals surface area (Å²) in [6, 6.07) is 9.10. The molecule has 1 aliphatic heterocycles. The summed E-state index contributed by atoms with van der Waals surface area (Å²) < 4.78 is 23.8. The number of carbonyl (C=O) groups is 2. The Morgan fingerprint density at radius 3 is 2.29 bits per heavy atom. The molecule has 34 heavy (non-hydrogen) atoms. The van der Waals surface area contributed by atoms with Gasteiger partial charge in [0.25, 0.3) is 5.91 Å². The van der Waals surface area contributed by atoms with Gasteiger partial charge in [-0.2, -0.15) is 0 Å². The molecule has 1 aromatic heterocycles. The molecule has 2 aromatic rings. The van der Waals surface area contributed by atoms with E-state index in [0.717, 1.165) is 17.4 Å². The Bertz CT molecular complexity index is 1270. The predicted octanol–water partition coefficient (Wildman–Crippen LogP) is 1.64. The fraction of sp³-hybridized carbons (Fsp3) is 0.417. The van der Waals surface area contributed by atoms with Gasteiger partial charge in [0, 0.05) is 41.2 Å². The first-order chi connectivity index (χ1) is 15.8. The number of aliphatic hydroxyl groups excluding tert-OH is 1. The third-order valence-corrected chi connectivity index (χ3v) is 8.43. The lowest BCUT2D eigenvalue weighted by Crippen LogP contribution is -2.50. The third kappa shape index (κ3) is 4.87. The van der Waals surface area contributed by atoms with Crippen LogP contribution < -0.4 is 5.48 Å². The van der Waals surface area contributed by atoms with Gasteiger partial charge in [-0.15, -0.1) is 0 Å². The summed E-state index contributed by atoms with van der Waals surface area (Å²) in [4.78, 5) is 26.2. The van der Waals surface area contributed by atoms with Crippen molar-refractivity contribution in [1.82, 2.24) is 14.9 Å². The zero-order chi connectivity index (χ0) is 25.3. The fourth-order valence-corrected chi connectivity index (χ4v) is 4.49. The van der Waals surface area contributed by atoms with Gasteiger partial charge in [0.2, 0.25) is 0 Å². The summed E-state index contributed by atoms with van der Waals surface area (Å²) in [5, 5.41) is 18.4. The predicted molar refractivity (Wildman–Crippen MR) is 126 cm³/mol. The monoisotopic (exact) mass is 487 g/mol. The average Bonchev–Trinajstić information content (AvgIpc) is 3.33. The number of aliphatic hydroxyl groups is 1.